The Morgan fingerprint density at radius 2 is 2.09 bits per heavy atom. The van der Waals surface area contributed by atoms with Gasteiger partial charge < -0.3 is 20.1 Å². The quantitative estimate of drug-likeness (QED) is 0.633. The Bertz CT molecular complexity index is 1170. The monoisotopic (exact) mass is 457 g/mol. The minimum absolute atomic E-state index is 0.0390. The molecular formula is C23H31N5O5. The summed E-state index contributed by atoms with van der Waals surface area (Å²) >= 11 is 0. The molecular weight excluding hydrogens is 426 g/mol. The van der Waals surface area contributed by atoms with E-state index in [2.05, 4.69) is 10.4 Å². The van der Waals surface area contributed by atoms with Gasteiger partial charge in [-0.25, -0.2) is 0 Å². The van der Waals surface area contributed by atoms with Crippen LogP contribution in [0.5, 0.6) is 5.88 Å². The largest absolute Gasteiger partial charge is 0.492 e. The van der Waals surface area contributed by atoms with Crippen molar-refractivity contribution >= 4 is 23.5 Å². The van der Waals surface area contributed by atoms with Gasteiger partial charge in [-0.1, -0.05) is 13.8 Å². The Balaban J connectivity index is 1.75. The highest BCUT2D eigenvalue weighted by atomic mass is 16.5. The first-order chi connectivity index (χ1) is 15.6. The predicted octanol–water partition coefficient (Wildman–Crippen LogP) is 1.40. The van der Waals surface area contributed by atoms with E-state index in [1.807, 2.05) is 27.7 Å². The Labute approximate surface area is 191 Å². The molecule has 0 atom stereocenters. The molecule has 10 nitrogen and oxygen atoms in total. The lowest BCUT2D eigenvalue weighted by atomic mass is 10.0. The summed E-state index contributed by atoms with van der Waals surface area (Å²) in [6.45, 7) is 9.54. The summed E-state index contributed by atoms with van der Waals surface area (Å²) in [6.07, 6.45) is 6.23. The number of hydrogen-bond acceptors (Lipinski definition) is 6. The van der Waals surface area contributed by atoms with Gasteiger partial charge in [0.2, 0.25) is 11.8 Å². The zero-order valence-electron chi connectivity index (χ0n) is 19.5. The maximum atomic E-state index is 13.3. The van der Waals surface area contributed by atoms with Crippen LogP contribution in [0, 0.1) is 5.92 Å². The van der Waals surface area contributed by atoms with Crippen LogP contribution in [0.2, 0.25) is 0 Å². The second kappa shape index (κ2) is 8.66. The first kappa shape index (κ1) is 23.0. The molecule has 0 unspecified atom stereocenters. The topological polar surface area (TPSA) is 118 Å². The molecule has 2 aliphatic rings. The number of aromatic nitrogens is 3. The molecule has 2 aromatic heterocycles. The number of hydrogen-bond donors (Lipinski definition) is 2. The van der Waals surface area contributed by atoms with Gasteiger partial charge in [-0.05, 0) is 38.7 Å². The number of carbonyl (C=O) groups is 2. The highest BCUT2D eigenvalue weighted by Gasteiger charge is 2.33. The summed E-state index contributed by atoms with van der Waals surface area (Å²) in [5, 5.41) is 17.7. The van der Waals surface area contributed by atoms with Gasteiger partial charge in [0.05, 0.1) is 24.9 Å². The van der Waals surface area contributed by atoms with Gasteiger partial charge in [0.1, 0.15) is 5.65 Å². The molecule has 2 fully saturated rings. The zero-order chi connectivity index (χ0) is 23.9. The van der Waals surface area contributed by atoms with E-state index in [1.54, 1.807) is 11.0 Å². The second-order valence-corrected chi connectivity index (χ2v) is 9.78. The van der Waals surface area contributed by atoms with Gasteiger partial charge in [0.15, 0.2) is 5.56 Å². The average molecular weight is 458 g/mol. The third kappa shape index (κ3) is 4.52. The molecule has 10 heteroatoms. The number of amides is 2. The molecule has 2 amide bonds. The molecule has 2 aromatic rings. The zero-order valence-corrected chi connectivity index (χ0v) is 19.5. The summed E-state index contributed by atoms with van der Waals surface area (Å²) in [5.41, 5.74) is -0.499. The van der Waals surface area contributed by atoms with Crippen LogP contribution in [0.3, 0.4) is 0 Å². The van der Waals surface area contributed by atoms with Crippen LogP contribution < -0.4 is 10.9 Å². The van der Waals surface area contributed by atoms with Gasteiger partial charge in [0.25, 0.3) is 11.5 Å². The molecule has 1 saturated heterocycles. The van der Waals surface area contributed by atoms with E-state index in [9.17, 15) is 19.5 Å². The molecule has 3 heterocycles. The van der Waals surface area contributed by atoms with Gasteiger partial charge >= 0.3 is 0 Å². The number of carbonyl (C=O) groups excluding carboxylic acids is 2. The summed E-state index contributed by atoms with van der Waals surface area (Å²) in [5.74, 6) is -1.19. The number of morpholine rings is 1. The highest BCUT2D eigenvalue weighted by Crippen LogP contribution is 2.24. The minimum Gasteiger partial charge on any atom is -0.492 e. The first-order valence-electron chi connectivity index (χ1n) is 11.3. The summed E-state index contributed by atoms with van der Waals surface area (Å²) < 4.78 is 8.12. The van der Waals surface area contributed by atoms with E-state index in [4.69, 9.17) is 4.74 Å². The first-order valence-corrected chi connectivity index (χ1v) is 11.3. The van der Waals surface area contributed by atoms with Gasteiger partial charge in [-0.2, -0.15) is 9.61 Å². The van der Waals surface area contributed by atoms with Crippen molar-refractivity contribution < 1.29 is 19.4 Å². The van der Waals surface area contributed by atoms with E-state index in [-0.39, 0.29) is 23.4 Å². The van der Waals surface area contributed by atoms with Gasteiger partial charge in [-0.15, -0.1) is 0 Å². The smallest absolute Gasteiger partial charge is 0.270 e. The summed E-state index contributed by atoms with van der Waals surface area (Å²) in [7, 11) is 0. The van der Waals surface area contributed by atoms with Crippen molar-refractivity contribution in [3.63, 3.8) is 0 Å². The fraction of sp³-hybridized carbons (Fsp3) is 0.565. The maximum Gasteiger partial charge on any atom is 0.270 e. The number of nitrogens with zero attached hydrogens (tertiary/aromatic N) is 4. The SMILES string of the molecule is CC(C)Cn1c(=O)c(C(=O)NC2CC2)c(O)n2ncc(/C=C/C(=O)N3CCOCC3(C)C)c12. The van der Waals surface area contributed by atoms with Crippen molar-refractivity contribution in [1.29, 1.82) is 0 Å². The van der Waals surface area contributed by atoms with Gasteiger partial charge in [-0.3, -0.25) is 19.0 Å². The molecule has 33 heavy (non-hydrogen) atoms. The molecule has 2 N–H and O–H groups in total. The standard InChI is InChI=1S/C23H31N5O5/c1-14(2)12-26-20-15(5-8-17(29)27-9-10-33-13-23(27,3)4)11-24-28(20)22(32)18(21(26)31)19(30)25-16-6-7-16/h5,8,11,14,16,32H,6-7,9-10,12-13H2,1-4H3,(H,25,30)/b8-5+. The van der Waals surface area contributed by atoms with Crippen molar-refractivity contribution in [2.45, 2.75) is 58.7 Å². The van der Waals surface area contributed by atoms with Crippen LogP contribution in [0.15, 0.2) is 17.1 Å². The maximum absolute atomic E-state index is 13.3. The normalized spacial score (nSPS) is 18.4. The second-order valence-electron chi connectivity index (χ2n) is 9.78. The van der Waals surface area contributed by atoms with Crippen molar-refractivity contribution in [3.05, 3.63) is 33.8 Å². The number of ether oxygens (including phenoxy) is 1. The van der Waals surface area contributed by atoms with Crippen LogP contribution in [-0.4, -0.2) is 67.3 Å². The van der Waals surface area contributed by atoms with Crippen LogP contribution in [0.4, 0.5) is 0 Å². The van der Waals surface area contributed by atoms with E-state index < -0.39 is 22.9 Å². The van der Waals surface area contributed by atoms with Crippen molar-refractivity contribution in [2.75, 3.05) is 19.8 Å². The minimum atomic E-state index is -0.600. The van der Waals surface area contributed by atoms with E-state index in [0.717, 1.165) is 12.8 Å². The lowest BCUT2D eigenvalue weighted by Gasteiger charge is -2.41. The lowest BCUT2D eigenvalue weighted by Crippen LogP contribution is -2.55. The molecule has 0 spiro atoms. The molecule has 0 bridgehead atoms. The highest BCUT2D eigenvalue weighted by molar-refractivity contribution is 5.97. The molecule has 0 radical (unpaired) electrons. The number of nitrogens with one attached hydrogen (secondary N) is 1. The van der Waals surface area contributed by atoms with E-state index >= 15 is 0 Å². The molecule has 0 aromatic carbocycles. The number of rotatable bonds is 6. The van der Waals surface area contributed by atoms with Crippen molar-refractivity contribution in [1.82, 2.24) is 24.4 Å². The predicted molar refractivity (Wildman–Crippen MR) is 122 cm³/mol. The summed E-state index contributed by atoms with van der Waals surface area (Å²) in [6, 6.07) is 0.0390. The Morgan fingerprint density at radius 3 is 2.73 bits per heavy atom. The summed E-state index contributed by atoms with van der Waals surface area (Å²) in [4.78, 5) is 40.6. The third-order valence-electron chi connectivity index (χ3n) is 5.91. The van der Waals surface area contributed by atoms with Crippen LogP contribution in [-0.2, 0) is 16.1 Å². The van der Waals surface area contributed by atoms with E-state index in [0.29, 0.717) is 37.5 Å². The van der Waals surface area contributed by atoms with E-state index in [1.165, 1.54) is 21.4 Å². The van der Waals surface area contributed by atoms with Crippen LogP contribution in [0.1, 0.15) is 56.5 Å². The molecule has 4 rings (SSSR count). The fourth-order valence-electron chi connectivity index (χ4n) is 4.07. The lowest BCUT2D eigenvalue weighted by molar-refractivity contribution is -0.140. The number of fused-ring (bicyclic) bond motifs is 1. The number of aromatic hydroxyl groups is 1. The van der Waals surface area contributed by atoms with Crippen molar-refractivity contribution in [3.8, 4) is 5.88 Å². The Kier molecular flexibility index (Phi) is 6.04. The molecule has 1 aliphatic heterocycles. The van der Waals surface area contributed by atoms with Gasteiger partial charge in [0, 0.05) is 30.8 Å². The Hall–Kier alpha value is -3.14. The molecule has 178 valence electrons. The average Bonchev–Trinajstić information content (AvgIpc) is 3.44. The van der Waals surface area contributed by atoms with Crippen LogP contribution >= 0.6 is 0 Å². The van der Waals surface area contributed by atoms with Crippen molar-refractivity contribution in [2.24, 2.45) is 5.92 Å². The molecule has 1 saturated carbocycles. The Morgan fingerprint density at radius 1 is 1.36 bits per heavy atom. The van der Waals surface area contributed by atoms with Crippen LogP contribution in [0.25, 0.3) is 11.7 Å². The third-order valence-corrected chi connectivity index (χ3v) is 5.91. The molecule has 1 aliphatic carbocycles. The fourth-order valence-corrected chi connectivity index (χ4v) is 4.07.